The molecule has 4 aromatic heterocycles. The smallest absolute Gasteiger partial charge is 0.417 e. The fraction of sp³-hybridized carbons (Fsp3) is 0.261. The van der Waals surface area contributed by atoms with Crippen molar-refractivity contribution in [3.8, 4) is 28.7 Å². The van der Waals surface area contributed by atoms with Crippen LogP contribution in [0.2, 0.25) is 0 Å². The average molecular weight is 511 g/mol. The zero-order valence-corrected chi connectivity index (χ0v) is 19.9. The van der Waals surface area contributed by atoms with E-state index in [1.807, 2.05) is 31.2 Å². The second kappa shape index (κ2) is 9.44. The summed E-state index contributed by atoms with van der Waals surface area (Å²) < 4.78 is 52.6. The van der Waals surface area contributed by atoms with Gasteiger partial charge < -0.3 is 9.26 Å². The van der Waals surface area contributed by atoms with Crippen LogP contribution in [0.15, 0.2) is 53.3 Å². The van der Waals surface area contributed by atoms with Crippen LogP contribution in [0.1, 0.15) is 35.5 Å². The number of hydrogen-bond donors (Lipinski definition) is 0. The third-order valence-corrected chi connectivity index (χ3v) is 5.82. The van der Waals surface area contributed by atoms with Crippen LogP contribution in [0.3, 0.4) is 0 Å². The van der Waals surface area contributed by atoms with Crippen LogP contribution in [-0.2, 0) is 26.9 Å². The van der Waals surface area contributed by atoms with E-state index in [1.54, 1.807) is 29.7 Å². The van der Waals surface area contributed by atoms with Gasteiger partial charge in [0.25, 0.3) is 5.89 Å². The van der Waals surface area contributed by atoms with Gasteiger partial charge in [0.2, 0.25) is 11.7 Å². The van der Waals surface area contributed by atoms with Gasteiger partial charge in [-0.1, -0.05) is 30.3 Å². The number of hydrogen-bond acceptors (Lipinski definition) is 9. The van der Waals surface area contributed by atoms with E-state index in [0.29, 0.717) is 22.9 Å². The molecule has 0 aliphatic heterocycles. The van der Waals surface area contributed by atoms with E-state index >= 15 is 0 Å². The summed E-state index contributed by atoms with van der Waals surface area (Å²) in [6, 6.07) is 9.74. The summed E-state index contributed by atoms with van der Waals surface area (Å²) in [6.07, 6.45) is -2.20. The molecule has 11 nitrogen and oxygen atoms in total. The molecule has 4 heterocycles. The van der Waals surface area contributed by atoms with Crippen molar-refractivity contribution < 1.29 is 22.4 Å². The van der Waals surface area contributed by atoms with Gasteiger partial charge in [-0.25, -0.2) is 9.67 Å². The lowest BCUT2D eigenvalue weighted by Gasteiger charge is -2.10. The van der Waals surface area contributed by atoms with E-state index in [-0.39, 0.29) is 24.3 Å². The molecule has 0 aliphatic rings. The van der Waals surface area contributed by atoms with Crippen molar-refractivity contribution in [2.75, 3.05) is 0 Å². The van der Waals surface area contributed by atoms with Gasteiger partial charge in [0.05, 0.1) is 23.0 Å². The van der Waals surface area contributed by atoms with Gasteiger partial charge in [0.15, 0.2) is 5.82 Å². The van der Waals surface area contributed by atoms with Crippen LogP contribution < -0.4 is 4.74 Å². The van der Waals surface area contributed by atoms with Crippen LogP contribution in [0.5, 0.6) is 5.88 Å². The normalized spacial score (nSPS) is 12.6. The average Bonchev–Trinajstić information content (AvgIpc) is 3.62. The summed E-state index contributed by atoms with van der Waals surface area (Å²) in [4.78, 5) is 8.26. The maximum absolute atomic E-state index is 12.8. The fourth-order valence-electron chi connectivity index (χ4n) is 3.74. The van der Waals surface area contributed by atoms with E-state index in [0.717, 1.165) is 29.5 Å². The molecule has 14 heteroatoms. The minimum Gasteiger partial charge on any atom is -0.471 e. The molecule has 0 aliphatic carbocycles. The highest BCUT2D eigenvalue weighted by molar-refractivity contribution is 5.61. The number of halogens is 3. The number of alkyl halides is 3. The van der Waals surface area contributed by atoms with Gasteiger partial charge in [-0.2, -0.15) is 23.3 Å². The van der Waals surface area contributed by atoms with Crippen LogP contribution in [0, 0.1) is 0 Å². The molecule has 5 aromatic rings. The van der Waals surface area contributed by atoms with Crippen molar-refractivity contribution in [3.05, 3.63) is 71.4 Å². The number of benzene rings is 1. The Kier molecular flexibility index (Phi) is 6.15. The predicted octanol–water partition coefficient (Wildman–Crippen LogP) is 3.81. The van der Waals surface area contributed by atoms with Crippen molar-refractivity contribution >= 4 is 0 Å². The first-order valence-corrected chi connectivity index (χ1v) is 11.0. The Morgan fingerprint density at radius 3 is 2.62 bits per heavy atom. The van der Waals surface area contributed by atoms with Crippen LogP contribution in [-0.4, -0.2) is 45.1 Å². The summed E-state index contributed by atoms with van der Waals surface area (Å²) in [5, 5.41) is 20.0. The molecular formula is C23H20F3N9O2. The maximum atomic E-state index is 12.8. The number of nitrogens with zero attached hydrogens (tertiary/aromatic N) is 9. The van der Waals surface area contributed by atoms with E-state index in [2.05, 4.69) is 35.7 Å². The van der Waals surface area contributed by atoms with E-state index in [9.17, 15) is 13.2 Å². The molecule has 0 saturated heterocycles. The van der Waals surface area contributed by atoms with E-state index in [4.69, 9.17) is 9.26 Å². The molecule has 0 radical (unpaired) electrons. The SMILES string of the molecule is CC(c1cccc(-c2noc(-c3cnn(C)c3COc3ccc(C(F)(F)F)cn3)n2)c1)c1nnnn1C. The summed E-state index contributed by atoms with van der Waals surface area (Å²) in [6.45, 7) is 1.97. The van der Waals surface area contributed by atoms with Crippen molar-refractivity contribution in [3.63, 3.8) is 0 Å². The first kappa shape index (κ1) is 24.1. The molecule has 1 aromatic carbocycles. The summed E-state index contributed by atoms with van der Waals surface area (Å²) in [7, 11) is 3.48. The molecule has 1 unspecified atom stereocenters. The lowest BCUT2D eigenvalue weighted by Crippen LogP contribution is -2.07. The third-order valence-electron chi connectivity index (χ3n) is 5.82. The maximum Gasteiger partial charge on any atom is 0.417 e. The molecule has 0 fully saturated rings. The monoisotopic (exact) mass is 511 g/mol. The van der Waals surface area contributed by atoms with Gasteiger partial charge in [-0.3, -0.25) is 4.68 Å². The lowest BCUT2D eigenvalue weighted by atomic mass is 9.98. The highest BCUT2D eigenvalue weighted by atomic mass is 19.4. The van der Waals surface area contributed by atoms with Gasteiger partial charge in [0, 0.05) is 37.8 Å². The number of tetrazole rings is 1. The minimum atomic E-state index is -4.47. The Morgan fingerprint density at radius 2 is 1.92 bits per heavy atom. The van der Waals surface area contributed by atoms with Crippen LogP contribution in [0.4, 0.5) is 13.2 Å². The largest absolute Gasteiger partial charge is 0.471 e. The number of pyridine rings is 1. The summed E-state index contributed by atoms with van der Waals surface area (Å²) in [5.41, 5.74) is 1.97. The Bertz CT molecular complexity index is 1520. The van der Waals surface area contributed by atoms with E-state index < -0.39 is 11.7 Å². The molecule has 0 bridgehead atoms. The van der Waals surface area contributed by atoms with Gasteiger partial charge in [0.1, 0.15) is 6.61 Å². The topological polar surface area (TPSA) is 122 Å². The lowest BCUT2D eigenvalue weighted by molar-refractivity contribution is -0.137. The molecular weight excluding hydrogens is 491 g/mol. The van der Waals surface area contributed by atoms with Gasteiger partial charge >= 0.3 is 6.18 Å². The quantitative estimate of drug-likeness (QED) is 0.321. The van der Waals surface area contributed by atoms with Crippen molar-refractivity contribution in [1.29, 1.82) is 0 Å². The summed E-state index contributed by atoms with van der Waals surface area (Å²) >= 11 is 0. The Morgan fingerprint density at radius 1 is 1.08 bits per heavy atom. The number of aryl methyl sites for hydroxylation is 2. The zero-order chi connectivity index (χ0) is 26.2. The van der Waals surface area contributed by atoms with Gasteiger partial charge in [-0.15, -0.1) is 5.10 Å². The second-order valence-corrected chi connectivity index (χ2v) is 8.23. The Labute approximate surface area is 207 Å². The molecule has 0 N–H and O–H groups in total. The first-order chi connectivity index (χ1) is 17.7. The van der Waals surface area contributed by atoms with Crippen molar-refractivity contribution in [2.24, 2.45) is 14.1 Å². The summed E-state index contributed by atoms with van der Waals surface area (Å²) in [5.74, 6) is 1.29. The van der Waals surface area contributed by atoms with Crippen LogP contribution >= 0.6 is 0 Å². The second-order valence-electron chi connectivity index (χ2n) is 8.23. The molecule has 0 spiro atoms. The van der Waals surface area contributed by atoms with Gasteiger partial charge in [-0.05, 0) is 28.1 Å². The third kappa shape index (κ3) is 4.90. The van der Waals surface area contributed by atoms with Crippen LogP contribution in [0.25, 0.3) is 22.8 Å². The number of aromatic nitrogens is 9. The zero-order valence-electron chi connectivity index (χ0n) is 19.9. The standard InChI is InChI=1S/C23H20F3N9O2/c1-13(21-30-32-33-35(21)3)14-5-4-6-15(9-14)20-29-22(37-31-20)17-11-28-34(2)18(17)12-36-19-8-7-16(10-27-19)23(24,25)26/h4-11,13H,12H2,1-3H3. The molecule has 37 heavy (non-hydrogen) atoms. The van der Waals surface area contributed by atoms with E-state index in [1.165, 1.54) is 0 Å². The Hall–Kier alpha value is -4.62. The molecule has 190 valence electrons. The fourth-order valence-corrected chi connectivity index (χ4v) is 3.74. The predicted molar refractivity (Wildman–Crippen MR) is 122 cm³/mol. The molecule has 5 rings (SSSR count). The first-order valence-electron chi connectivity index (χ1n) is 11.0. The van der Waals surface area contributed by atoms with Crippen molar-refractivity contribution in [1.82, 2.24) is 45.1 Å². The highest BCUT2D eigenvalue weighted by Gasteiger charge is 2.30. The Balaban J connectivity index is 1.35. The molecule has 0 amide bonds. The number of ether oxygens (including phenoxy) is 1. The molecule has 1 atom stereocenters. The minimum absolute atomic E-state index is 0.0271. The highest BCUT2D eigenvalue weighted by Crippen LogP contribution is 2.30. The number of rotatable bonds is 7. The molecule has 0 saturated carbocycles. The van der Waals surface area contributed by atoms with Crippen molar-refractivity contribution in [2.45, 2.75) is 25.6 Å².